The van der Waals surface area contributed by atoms with Crippen LogP contribution in [0, 0.1) is 29.1 Å². The molecule has 0 amide bonds. The van der Waals surface area contributed by atoms with E-state index in [-0.39, 0.29) is 19.2 Å². The molecule has 0 aliphatic heterocycles. The van der Waals surface area contributed by atoms with Gasteiger partial charge in [-0.1, -0.05) is 30.9 Å². The van der Waals surface area contributed by atoms with Crippen molar-refractivity contribution in [2.45, 2.75) is 13.3 Å². The number of esters is 1. The van der Waals surface area contributed by atoms with Gasteiger partial charge in [-0.25, -0.2) is 4.79 Å². The summed E-state index contributed by atoms with van der Waals surface area (Å²) in [5.74, 6) is 1.64. The molecule has 0 heterocycles. The van der Waals surface area contributed by atoms with Crippen molar-refractivity contribution in [1.29, 1.82) is 0 Å². The average Bonchev–Trinajstić information content (AvgIpc) is 3.08. The zero-order valence-electron chi connectivity index (χ0n) is 11.2. The molecule has 3 rings (SSSR count). The summed E-state index contributed by atoms with van der Waals surface area (Å²) in [5, 5.41) is 9.85. The maximum atomic E-state index is 11.6. The third-order valence-electron chi connectivity index (χ3n) is 4.95. The van der Waals surface area contributed by atoms with Crippen LogP contribution in [-0.2, 0) is 9.53 Å². The molecule has 102 valence electrons. The predicted octanol–water partition coefficient (Wildman–Crippen LogP) is 2.09. The largest absolute Gasteiger partial charge is 0.461 e. The second-order valence-corrected chi connectivity index (χ2v) is 6.16. The first-order chi connectivity index (χ1) is 9.07. The number of carbonyl (C=O) groups excluding carboxylic acids is 1. The summed E-state index contributed by atoms with van der Waals surface area (Å²) in [6, 6.07) is 0. The third kappa shape index (κ3) is 1.79. The number of aliphatic hydroxyl groups excluding tert-OH is 1. The fourth-order valence-corrected chi connectivity index (χ4v) is 4.02. The van der Waals surface area contributed by atoms with Gasteiger partial charge in [-0.3, -0.25) is 0 Å². The SMILES string of the molecule is C=C(C)C(=O)OCC1(CO)C=CC2C3C=CC(C3)C21. The van der Waals surface area contributed by atoms with Crippen LogP contribution in [0.1, 0.15) is 13.3 Å². The van der Waals surface area contributed by atoms with Gasteiger partial charge in [0.25, 0.3) is 0 Å². The van der Waals surface area contributed by atoms with Gasteiger partial charge in [-0.2, -0.15) is 0 Å². The molecule has 1 fully saturated rings. The Morgan fingerprint density at radius 3 is 2.84 bits per heavy atom. The molecule has 0 saturated heterocycles. The van der Waals surface area contributed by atoms with E-state index in [0.717, 1.165) is 0 Å². The van der Waals surface area contributed by atoms with Crippen molar-refractivity contribution in [2.75, 3.05) is 13.2 Å². The highest BCUT2D eigenvalue weighted by atomic mass is 16.5. The number of fused-ring (bicyclic) bond motifs is 5. The second kappa shape index (κ2) is 4.34. The van der Waals surface area contributed by atoms with Crippen molar-refractivity contribution in [3.63, 3.8) is 0 Å². The zero-order valence-corrected chi connectivity index (χ0v) is 11.2. The molecule has 1 N–H and O–H groups in total. The van der Waals surface area contributed by atoms with Gasteiger partial charge < -0.3 is 9.84 Å². The normalized spacial score (nSPS) is 41.6. The standard InChI is InChI=1S/C16H20O3/c1-10(2)15(18)19-9-16(8-17)6-5-13-11-3-4-12(7-11)14(13)16/h3-6,11-14,17H,1,7-9H2,2H3. The molecular weight excluding hydrogens is 240 g/mol. The Morgan fingerprint density at radius 1 is 1.42 bits per heavy atom. The number of allylic oxidation sites excluding steroid dienone is 3. The fourth-order valence-electron chi connectivity index (χ4n) is 4.02. The van der Waals surface area contributed by atoms with Gasteiger partial charge >= 0.3 is 5.97 Å². The van der Waals surface area contributed by atoms with Crippen molar-refractivity contribution in [1.82, 2.24) is 0 Å². The molecule has 0 aromatic heterocycles. The summed E-state index contributed by atoms with van der Waals surface area (Å²) in [6.07, 6.45) is 10.0. The molecule has 0 aromatic rings. The maximum absolute atomic E-state index is 11.6. The maximum Gasteiger partial charge on any atom is 0.333 e. The smallest absolute Gasteiger partial charge is 0.333 e. The topological polar surface area (TPSA) is 46.5 Å². The van der Waals surface area contributed by atoms with Crippen molar-refractivity contribution >= 4 is 5.97 Å². The molecule has 3 aliphatic carbocycles. The molecule has 1 saturated carbocycles. The fraction of sp³-hybridized carbons (Fsp3) is 0.562. The lowest BCUT2D eigenvalue weighted by Crippen LogP contribution is -2.39. The Morgan fingerprint density at radius 2 is 2.16 bits per heavy atom. The van der Waals surface area contributed by atoms with Crippen LogP contribution in [0.3, 0.4) is 0 Å². The highest BCUT2D eigenvalue weighted by Gasteiger charge is 2.56. The number of rotatable bonds is 4. The molecule has 19 heavy (non-hydrogen) atoms. The number of ether oxygens (including phenoxy) is 1. The summed E-state index contributed by atoms with van der Waals surface area (Å²) in [4.78, 5) is 11.6. The Kier molecular flexibility index (Phi) is 2.90. The monoisotopic (exact) mass is 260 g/mol. The minimum Gasteiger partial charge on any atom is -0.461 e. The highest BCUT2D eigenvalue weighted by molar-refractivity contribution is 5.86. The van der Waals surface area contributed by atoms with Crippen LogP contribution >= 0.6 is 0 Å². The molecule has 3 nitrogen and oxygen atoms in total. The first-order valence-electron chi connectivity index (χ1n) is 6.88. The first kappa shape index (κ1) is 12.7. The summed E-state index contributed by atoms with van der Waals surface area (Å²) < 4.78 is 5.32. The van der Waals surface area contributed by atoms with E-state index in [4.69, 9.17) is 4.74 Å². The molecular formula is C16H20O3. The lowest BCUT2D eigenvalue weighted by molar-refractivity contribution is -0.143. The number of aliphatic hydroxyl groups is 1. The van der Waals surface area contributed by atoms with E-state index < -0.39 is 5.41 Å². The molecule has 0 radical (unpaired) electrons. The Bertz CT molecular complexity index is 476. The minimum absolute atomic E-state index is 0.0329. The van der Waals surface area contributed by atoms with Crippen molar-refractivity contribution in [3.05, 3.63) is 36.5 Å². The first-order valence-corrected chi connectivity index (χ1v) is 6.88. The van der Waals surface area contributed by atoms with Gasteiger partial charge in [0.05, 0.1) is 6.61 Å². The minimum atomic E-state index is -0.403. The molecule has 2 bridgehead atoms. The Labute approximate surface area is 113 Å². The zero-order chi connectivity index (χ0) is 13.6. The van der Waals surface area contributed by atoms with Crippen molar-refractivity contribution in [2.24, 2.45) is 29.1 Å². The average molecular weight is 260 g/mol. The van der Waals surface area contributed by atoms with Crippen LogP contribution in [0.2, 0.25) is 0 Å². The second-order valence-electron chi connectivity index (χ2n) is 6.16. The van der Waals surface area contributed by atoms with Crippen LogP contribution in [-0.4, -0.2) is 24.3 Å². The lowest BCUT2D eigenvalue weighted by atomic mass is 9.71. The van der Waals surface area contributed by atoms with E-state index in [1.54, 1.807) is 6.92 Å². The molecule has 3 aliphatic rings. The quantitative estimate of drug-likeness (QED) is 0.478. The van der Waals surface area contributed by atoms with Crippen LogP contribution in [0.4, 0.5) is 0 Å². The number of hydrogen-bond acceptors (Lipinski definition) is 3. The lowest BCUT2D eigenvalue weighted by Gasteiger charge is -2.36. The van der Waals surface area contributed by atoms with E-state index in [9.17, 15) is 9.90 Å². The molecule has 0 spiro atoms. The van der Waals surface area contributed by atoms with Gasteiger partial charge in [-0.15, -0.1) is 0 Å². The van der Waals surface area contributed by atoms with Gasteiger partial charge in [0.1, 0.15) is 6.61 Å². The van der Waals surface area contributed by atoms with Gasteiger partial charge in [0.2, 0.25) is 0 Å². The third-order valence-corrected chi connectivity index (χ3v) is 4.95. The molecule has 5 atom stereocenters. The van der Waals surface area contributed by atoms with Crippen LogP contribution < -0.4 is 0 Å². The predicted molar refractivity (Wildman–Crippen MR) is 72.1 cm³/mol. The number of carbonyl (C=O) groups is 1. The molecule has 5 unspecified atom stereocenters. The number of hydrogen-bond donors (Lipinski definition) is 1. The summed E-state index contributed by atoms with van der Waals surface area (Å²) >= 11 is 0. The van der Waals surface area contributed by atoms with Gasteiger partial charge in [-0.05, 0) is 37.0 Å². The summed E-state index contributed by atoms with van der Waals surface area (Å²) in [5.41, 5.74) is -0.000551. The van der Waals surface area contributed by atoms with Crippen LogP contribution in [0.15, 0.2) is 36.5 Å². The van der Waals surface area contributed by atoms with Crippen LogP contribution in [0.25, 0.3) is 0 Å². The Balaban J connectivity index is 1.77. The summed E-state index contributed by atoms with van der Waals surface area (Å²) in [6.45, 7) is 5.51. The van der Waals surface area contributed by atoms with E-state index >= 15 is 0 Å². The summed E-state index contributed by atoms with van der Waals surface area (Å²) in [7, 11) is 0. The van der Waals surface area contributed by atoms with Crippen LogP contribution in [0.5, 0.6) is 0 Å². The van der Waals surface area contributed by atoms with E-state index in [2.05, 4.69) is 30.9 Å². The van der Waals surface area contributed by atoms with Crippen molar-refractivity contribution < 1.29 is 14.6 Å². The van der Waals surface area contributed by atoms with E-state index in [1.165, 1.54) is 6.42 Å². The Hall–Kier alpha value is -1.35. The molecule has 0 aromatic carbocycles. The van der Waals surface area contributed by atoms with E-state index in [1.807, 2.05) is 0 Å². The van der Waals surface area contributed by atoms with E-state index in [0.29, 0.717) is 29.2 Å². The van der Waals surface area contributed by atoms with Gasteiger partial charge in [0, 0.05) is 11.0 Å². The highest BCUT2D eigenvalue weighted by Crippen LogP contribution is 2.59. The molecule has 3 heteroatoms. The van der Waals surface area contributed by atoms with Crippen molar-refractivity contribution in [3.8, 4) is 0 Å². The van der Waals surface area contributed by atoms with Gasteiger partial charge in [0.15, 0.2) is 0 Å².